The summed E-state index contributed by atoms with van der Waals surface area (Å²) in [6, 6.07) is 7.23. The lowest BCUT2D eigenvalue weighted by molar-refractivity contribution is 0.187. The van der Waals surface area contributed by atoms with Crippen molar-refractivity contribution in [2.45, 2.75) is 32.3 Å². The molecular weight excluding hydrogens is 324 g/mol. The Hall–Kier alpha value is -1.30. The SMILES string of the molecule is CCNC(=NCC(O)c1ccc(Cl)cc1)NCCN1CCCCC1. The Bertz CT molecular complexity index is 500. The Balaban J connectivity index is 1.79. The fourth-order valence-corrected chi connectivity index (χ4v) is 2.95. The maximum atomic E-state index is 10.2. The van der Waals surface area contributed by atoms with Crippen LogP contribution in [0.5, 0.6) is 0 Å². The van der Waals surface area contributed by atoms with E-state index in [2.05, 4.69) is 20.5 Å². The first-order chi connectivity index (χ1) is 11.7. The molecule has 0 bridgehead atoms. The minimum absolute atomic E-state index is 0.320. The number of rotatable bonds is 7. The molecule has 5 nitrogen and oxygen atoms in total. The minimum Gasteiger partial charge on any atom is -0.386 e. The zero-order valence-electron chi connectivity index (χ0n) is 14.5. The summed E-state index contributed by atoms with van der Waals surface area (Å²) in [5.74, 6) is 0.752. The highest BCUT2D eigenvalue weighted by molar-refractivity contribution is 6.30. The average molecular weight is 353 g/mol. The molecule has 0 radical (unpaired) electrons. The van der Waals surface area contributed by atoms with Crippen molar-refractivity contribution in [3.8, 4) is 0 Å². The predicted octanol–water partition coefficient (Wildman–Crippen LogP) is 2.41. The van der Waals surface area contributed by atoms with Gasteiger partial charge in [-0.15, -0.1) is 0 Å². The maximum absolute atomic E-state index is 10.2. The third-order valence-electron chi connectivity index (χ3n) is 4.19. The van der Waals surface area contributed by atoms with E-state index in [-0.39, 0.29) is 0 Å². The molecule has 0 spiro atoms. The number of hydrogen-bond acceptors (Lipinski definition) is 3. The lowest BCUT2D eigenvalue weighted by Crippen LogP contribution is -2.42. The number of nitrogens with one attached hydrogen (secondary N) is 2. The zero-order valence-corrected chi connectivity index (χ0v) is 15.2. The van der Waals surface area contributed by atoms with Gasteiger partial charge in [-0.25, -0.2) is 0 Å². The number of benzene rings is 1. The molecule has 0 amide bonds. The maximum Gasteiger partial charge on any atom is 0.191 e. The van der Waals surface area contributed by atoms with E-state index >= 15 is 0 Å². The van der Waals surface area contributed by atoms with E-state index in [1.807, 2.05) is 19.1 Å². The van der Waals surface area contributed by atoms with Crippen LogP contribution in [0.2, 0.25) is 5.02 Å². The summed E-state index contributed by atoms with van der Waals surface area (Å²) in [6.45, 7) is 7.45. The van der Waals surface area contributed by atoms with E-state index in [9.17, 15) is 5.11 Å². The van der Waals surface area contributed by atoms with Crippen molar-refractivity contribution in [3.63, 3.8) is 0 Å². The second-order valence-corrected chi connectivity index (χ2v) is 6.55. The summed E-state index contributed by atoms with van der Waals surface area (Å²) in [5.41, 5.74) is 0.826. The van der Waals surface area contributed by atoms with Crippen LogP contribution in [0.25, 0.3) is 0 Å². The molecule has 0 saturated carbocycles. The van der Waals surface area contributed by atoms with E-state index in [1.54, 1.807) is 12.1 Å². The van der Waals surface area contributed by atoms with Gasteiger partial charge in [0.15, 0.2) is 5.96 Å². The molecular formula is C18H29ClN4O. The number of aliphatic imine (C=N–C) groups is 1. The number of nitrogens with zero attached hydrogens (tertiary/aromatic N) is 2. The van der Waals surface area contributed by atoms with Gasteiger partial charge in [0.25, 0.3) is 0 Å². The van der Waals surface area contributed by atoms with Crippen LogP contribution in [0.3, 0.4) is 0 Å². The summed E-state index contributed by atoms with van der Waals surface area (Å²) in [4.78, 5) is 6.98. The summed E-state index contributed by atoms with van der Waals surface area (Å²) in [6.07, 6.45) is 3.35. The Labute approximate surface area is 150 Å². The Morgan fingerprint density at radius 2 is 1.92 bits per heavy atom. The molecule has 0 aromatic heterocycles. The van der Waals surface area contributed by atoms with Gasteiger partial charge >= 0.3 is 0 Å². The van der Waals surface area contributed by atoms with Gasteiger partial charge in [-0.1, -0.05) is 30.2 Å². The number of guanidine groups is 1. The van der Waals surface area contributed by atoms with Crippen LogP contribution in [0, 0.1) is 0 Å². The highest BCUT2D eigenvalue weighted by Crippen LogP contribution is 2.16. The normalized spacial score (nSPS) is 17.5. The number of hydrogen-bond donors (Lipinski definition) is 3. The molecule has 0 aliphatic carbocycles. The number of aliphatic hydroxyl groups is 1. The smallest absolute Gasteiger partial charge is 0.191 e. The number of likely N-dealkylation sites (tertiary alicyclic amines) is 1. The molecule has 1 aliphatic rings. The largest absolute Gasteiger partial charge is 0.386 e. The molecule has 1 aromatic carbocycles. The van der Waals surface area contributed by atoms with Crippen LogP contribution >= 0.6 is 11.6 Å². The molecule has 1 aliphatic heterocycles. The molecule has 1 saturated heterocycles. The standard InChI is InChI=1S/C18H29ClN4O/c1-2-20-18(21-10-13-23-11-4-3-5-12-23)22-14-17(24)15-6-8-16(19)9-7-15/h6-9,17,24H,2-5,10-14H2,1H3,(H2,20,21,22). The molecule has 1 atom stereocenters. The lowest BCUT2D eigenvalue weighted by atomic mass is 10.1. The van der Waals surface area contributed by atoms with Crippen LogP contribution in [0.1, 0.15) is 37.9 Å². The molecule has 2 rings (SSSR count). The van der Waals surface area contributed by atoms with Gasteiger partial charge in [0.1, 0.15) is 0 Å². The summed E-state index contributed by atoms with van der Waals surface area (Å²) in [7, 11) is 0. The monoisotopic (exact) mass is 352 g/mol. The average Bonchev–Trinajstić information content (AvgIpc) is 2.61. The highest BCUT2D eigenvalue weighted by Gasteiger charge is 2.10. The van der Waals surface area contributed by atoms with Crippen molar-refractivity contribution in [2.24, 2.45) is 4.99 Å². The van der Waals surface area contributed by atoms with Gasteiger partial charge in [-0.2, -0.15) is 0 Å². The molecule has 6 heteroatoms. The zero-order chi connectivity index (χ0) is 17.2. The third-order valence-corrected chi connectivity index (χ3v) is 4.44. The van der Waals surface area contributed by atoms with Gasteiger partial charge < -0.3 is 20.6 Å². The van der Waals surface area contributed by atoms with Crippen LogP contribution in [-0.2, 0) is 0 Å². The van der Waals surface area contributed by atoms with E-state index in [0.29, 0.717) is 11.6 Å². The van der Waals surface area contributed by atoms with Gasteiger partial charge in [0.2, 0.25) is 0 Å². The summed E-state index contributed by atoms with van der Waals surface area (Å²) < 4.78 is 0. The predicted molar refractivity (Wildman–Crippen MR) is 101 cm³/mol. The van der Waals surface area contributed by atoms with Gasteiger partial charge in [-0.05, 0) is 50.6 Å². The molecule has 1 heterocycles. The summed E-state index contributed by atoms with van der Waals surface area (Å²) >= 11 is 5.87. The number of halogens is 1. The van der Waals surface area contributed by atoms with Gasteiger partial charge in [0.05, 0.1) is 12.6 Å². The highest BCUT2D eigenvalue weighted by atomic mass is 35.5. The first-order valence-corrected chi connectivity index (χ1v) is 9.25. The van der Waals surface area contributed by atoms with Crippen molar-refractivity contribution in [1.82, 2.24) is 15.5 Å². The Kier molecular flexibility index (Phi) is 8.36. The Morgan fingerprint density at radius 1 is 1.21 bits per heavy atom. The third kappa shape index (κ3) is 6.67. The van der Waals surface area contributed by atoms with Gasteiger partial charge in [0, 0.05) is 24.7 Å². The van der Waals surface area contributed by atoms with Crippen molar-refractivity contribution < 1.29 is 5.11 Å². The van der Waals surface area contributed by atoms with E-state index < -0.39 is 6.10 Å². The molecule has 3 N–H and O–H groups in total. The van der Waals surface area contributed by atoms with E-state index in [1.165, 1.54) is 32.4 Å². The fourth-order valence-electron chi connectivity index (χ4n) is 2.83. The van der Waals surface area contributed by atoms with Crippen molar-refractivity contribution in [3.05, 3.63) is 34.9 Å². The van der Waals surface area contributed by atoms with Crippen LogP contribution in [-0.4, -0.2) is 55.2 Å². The second-order valence-electron chi connectivity index (χ2n) is 6.12. The van der Waals surface area contributed by atoms with Crippen molar-refractivity contribution in [1.29, 1.82) is 0 Å². The quantitative estimate of drug-likeness (QED) is 0.521. The molecule has 134 valence electrons. The van der Waals surface area contributed by atoms with Crippen LogP contribution in [0.15, 0.2) is 29.3 Å². The number of piperidine rings is 1. The molecule has 1 aromatic rings. The molecule has 1 unspecified atom stereocenters. The molecule has 1 fully saturated rings. The minimum atomic E-state index is -0.625. The van der Waals surface area contributed by atoms with Crippen molar-refractivity contribution >= 4 is 17.6 Å². The number of aliphatic hydroxyl groups excluding tert-OH is 1. The second kappa shape index (κ2) is 10.5. The summed E-state index contributed by atoms with van der Waals surface area (Å²) in [5, 5.41) is 17.5. The fraction of sp³-hybridized carbons (Fsp3) is 0.611. The van der Waals surface area contributed by atoms with E-state index in [0.717, 1.165) is 31.2 Å². The van der Waals surface area contributed by atoms with Crippen LogP contribution < -0.4 is 10.6 Å². The van der Waals surface area contributed by atoms with E-state index in [4.69, 9.17) is 11.6 Å². The topological polar surface area (TPSA) is 59.9 Å². The van der Waals surface area contributed by atoms with Gasteiger partial charge in [-0.3, -0.25) is 4.99 Å². The Morgan fingerprint density at radius 3 is 2.58 bits per heavy atom. The first-order valence-electron chi connectivity index (χ1n) is 8.87. The molecule has 24 heavy (non-hydrogen) atoms. The first kappa shape index (κ1) is 19.0. The van der Waals surface area contributed by atoms with Crippen LogP contribution in [0.4, 0.5) is 0 Å². The lowest BCUT2D eigenvalue weighted by Gasteiger charge is -2.26. The van der Waals surface area contributed by atoms with Crippen molar-refractivity contribution in [2.75, 3.05) is 39.3 Å².